The van der Waals surface area contributed by atoms with Gasteiger partial charge in [-0.05, 0) is 49.4 Å². The van der Waals surface area contributed by atoms with Crippen molar-refractivity contribution in [3.63, 3.8) is 0 Å². The summed E-state index contributed by atoms with van der Waals surface area (Å²) in [5, 5.41) is 2.94. The molecule has 36 heavy (non-hydrogen) atoms. The Hall–Kier alpha value is -3.15. The van der Waals surface area contributed by atoms with Crippen LogP contribution in [0.1, 0.15) is 16.7 Å². The molecule has 1 amide bonds. The van der Waals surface area contributed by atoms with Gasteiger partial charge in [-0.1, -0.05) is 47.0 Å². The summed E-state index contributed by atoms with van der Waals surface area (Å²) < 4.78 is 81.3. The lowest BCUT2D eigenvalue weighted by molar-refractivity contribution is -0.137. The van der Waals surface area contributed by atoms with Crippen LogP contribution in [0.3, 0.4) is 0 Å². The van der Waals surface area contributed by atoms with Crippen LogP contribution < -0.4 is 9.73 Å². The molecule has 0 fully saturated rings. The monoisotopic (exact) mass is 561 g/mol. The Morgan fingerprint density at radius 2 is 1.72 bits per heavy atom. The van der Waals surface area contributed by atoms with Crippen LogP contribution in [0.15, 0.2) is 70.7 Å². The SMILES string of the molecule is Cc1ccc(S(=O)(=O)N(CC(=O)N/N=C\c2c(F)cccc2Cl)c2ccc(Cl)c(C(F)(F)F)c2)cc1. The lowest BCUT2D eigenvalue weighted by Gasteiger charge is -2.25. The lowest BCUT2D eigenvalue weighted by atomic mass is 10.2. The second-order valence-corrected chi connectivity index (χ2v) is 10.1. The minimum Gasteiger partial charge on any atom is -0.271 e. The number of anilines is 1. The third kappa shape index (κ3) is 6.34. The molecule has 0 spiro atoms. The minimum atomic E-state index is -4.88. The molecule has 0 heterocycles. The first-order valence-corrected chi connectivity index (χ1v) is 12.2. The number of halogens is 6. The predicted octanol–water partition coefficient (Wildman–Crippen LogP) is 5.81. The van der Waals surface area contributed by atoms with Crippen molar-refractivity contribution in [3.05, 3.63) is 93.2 Å². The molecule has 6 nitrogen and oxygen atoms in total. The average Bonchev–Trinajstić information content (AvgIpc) is 2.79. The average molecular weight is 562 g/mol. The van der Waals surface area contributed by atoms with Crippen molar-refractivity contribution < 1.29 is 30.8 Å². The number of alkyl halides is 3. The second-order valence-electron chi connectivity index (χ2n) is 7.42. The standard InChI is InChI=1S/C23H17Cl2F4N3O3S/c1-14-5-8-16(9-6-14)36(34,35)32(15-7-10-20(25)18(11-15)23(27,28)29)13-22(33)31-30-12-17-19(24)3-2-4-21(17)26/h2-12H,13H2,1H3,(H,31,33)/b30-12-. The summed E-state index contributed by atoms with van der Waals surface area (Å²) in [7, 11) is -4.50. The Labute approximate surface area is 214 Å². The van der Waals surface area contributed by atoms with Gasteiger partial charge in [-0.25, -0.2) is 18.2 Å². The van der Waals surface area contributed by atoms with Crippen molar-refractivity contribution in [2.75, 3.05) is 10.8 Å². The van der Waals surface area contributed by atoms with E-state index in [-0.39, 0.29) is 15.5 Å². The summed E-state index contributed by atoms with van der Waals surface area (Å²) in [4.78, 5) is 12.3. The molecule has 0 aromatic heterocycles. The third-order valence-electron chi connectivity index (χ3n) is 4.82. The molecular formula is C23H17Cl2F4N3O3S. The highest BCUT2D eigenvalue weighted by Crippen LogP contribution is 2.38. The molecule has 0 aliphatic heterocycles. The predicted molar refractivity (Wildman–Crippen MR) is 129 cm³/mol. The molecule has 0 atom stereocenters. The van der Waals surface area contributed by atoms with E-state index in [9.17, 15) is 30.8 Å². The quantitative estimate of drug-likeness (QED) is 0.225. The number of amides is 1. The molecule has 3 aromatic carbocycles. The molecule has 0 unspecified atom stereocenters. The van der Waals surface area contributed by atoms with Crippen molar-refractivity contribution in [2.45, 2.75) is 18.0 Å². The van der Waals surface area contributed by atoms with Crippen LogP contribution in [0.2, 0.25) is 10.0 Å². The lowest BCUT2D eigenvalue weighted by Crippen LogP contribution is -2.39. The Morgan fingerprint density at radius 3 is 2.33 bits per heavy atom. The maximum Gasteiger partial charge on any atom is 0.417 e. The highest BCUT2D eigenvalue weighted by atomic mass is 35.5. The third-order valence-corrected chi connectivity index (χ3v) is 7.27. The number of aryl methyl sites for hydroxylation is 1. The highest BCUT2D eigenvalue weighted by molar-refractivity contribution is 7.92. The molecule has 190 valence electrons. The summed E-state index contributed by atoms with van der Waals surface area (Å²) in [5.41, 5.74) is 0.904. The molecule has 13 heteroatoms. The van der Waals surface area contributed by atoms with Gasteiger partial charge < -0.3 is 0 Å². The van der Waals surface area contributed by atoms with Crippen LogP contribution in [0.4, 0.5) is 23.2 Å². The number of nitrogens with one attached hydrogen (secondary N) is 1. The van der Waals surface area contributed by atoms with Gasteiger partial charge in [0.05, 0.1) is 32.4 Å². The number of benzene rings is 3. The number of carbonyl (C=O) groups excluding carboxylic acids is 1. The van der Waals surface area contributed by atoms with Crippen molar-refractivity contribution in [3.8, 4) is 0 Å². The van der Waals surface area contributed by atoms with Gasteiger partial charge in [-0.3, -0.25) is 9.10 Å². The summed E-state index contributed by atoms with van der Waals surface area (Å²) in [6.45, 7) is 0.772. The number of rotatable bonds is 7. The minimum absolute atomic E-state index is 0.0115. The summed E-state index contributed by atoms with van der Waals surface area (Å²) in [6.07, 6.45) is -3.96. The van der Waals surface area contributed by atoms with E-state index in [1.54, 1.807) is 6.92 Å². The fourth-order valence-corrected chi connectivity index (χ4v) is 4.86. The normalized spacial score (nSPS) is 12.1. The fraction of sp³-hybridized carbons (Fsp3) is 0.130. The summed E-state index contributed by atoms with van der Waals surface area (Å²) in [5.74, 6) is -1.73. The van der Waals surface area contributed by atoms with Crippen molar-refractivity contribution in [2.24, 2.45) is 5.10 Å². The number of sulfonamides is 1. The van der Waals surface area contributed by atoms with Crippen LogP contribution in [-0.4, -0.2) is 27.1 Å². The van der Waals surface area contributed by atoms with E-state index in [1.807, 2.05) is 5.43 Å². The van der Waals surface area contributed by atoms with Crippen LogP contribution in [0.25, 0.3) is 0 Å². The largest absolute Gasteiger partial charge is 0.417 e. The number of carbonyl (C=O) groups is 1. The molecule has 0 saturated carbocycles. The maximum atomic E-state index is 13.9. The zero-order valence-corrected chi connectivity index (χ0v) is 20.7. The molecule has 3 rings (SSSR count). The first-order valence-electron chi connectivity index (χ1n) is 10.0. The second kappa shape index (κ2) is 10.9. The van der Waals surface area contributed by atoms with Gasteiger partial charge in [-0.15, -0.1) is 0 Å². The van der Waals surface area contributed by atoms with Gasteiger partial charge in [0, 0.05) is 5.56 Å². The van der Waals surface area contributed by atoms with Gasteiger partial charge in [-0.2, -0.15) is 18.3 Å². The van der Waals surface area contributed by atoms with Crippen LogP contribution in [0, 0.1) is 12.7 Å². The molecule has 0 aliphatic rings. The van der Waals surface area contributed by atoms with E-state index < -0.39 is 50.7 Å². The maximum absolute atomic E-state index is 13.9. The van der Waals surface area contributed by atoms with Gasteiger partial charge in [0.25, 0.3) is 15.9 Å². The zero-order valence-electron chi connectivity index (χ0n) is 18.4. The van der Waals surface area contributed by atoms with Crippen molar-refractivity contribution in [1.29, 1.82) is 0 Å². The zero-order chi connectivity index (χ0) is 26.7. The number of hydrazone groups is 1. The molecular weight excluding hydrogens is 545 g/mol. The summed E-state index contributed by atoms with van der Waals surface area (Å²) in [6, 6.07) is 11.8. The van der Waals surface area contributed by atoms with E-state index in [0.717, 1.165) is 30.0 Å². The van der Waals surface area contributed by atoms with Gasteiger partial charge >= 0.3 is 6.18 Å². The fourth-order valence-electron chi connectivity index (χ4n) is 3.01. The van der Waals surface area contributed by atoms with Gasteiger partial charge in [0.1, 0.15) is 12.4 Å². The van der Waals surface area contributed by atoms with E-state index in [1.165, 1.54) is 36.4 Å². The molecule has 1 N–H and O–H groups in total. The smallest absolute Gasteiger partial charge is 0.271 e. The Kier molecular flexibility index (Phi) is 8.27. The van der Waals surface area contributed by atoms with E-state index >= 15 is 0 Å². The van der Waals surface area contributed by atoms with Crippen LogP contribution in [0.5, 0.6) is 0 Å². The topological polar surface area (TPSA) is 78.8 Å². The van der Waals surface area contributed by atoms with Crippen LogP contribution >= 0.6 is 23.2 Å². The van der Waals surface area contributed by atoms with E-state index in [0.29, 0.717) is 10.4 Å². The van der Waals surface area contributed by atoms with Crippen molar-refractivity contribution >= 4 is 51.0 Å². The highest BCUT2D eigenvalue weighted by Gasteiger charge is 2.35. The first-order chi connectivity index (χ1) is 16.8. The number of hydrogen-bond acceptors (Lipinski definition) is 4. The van der Waals surface area contributed by atoms with Crippen molar-refractivity contribution in [1.82, 2.24) is 5.43 Å². The van der Waals surface area contributed by atoms with E-state index in [2.05, 4.69) is 5.10 Å². The summed E-state index contributed by atoms with van der Waals surface area (Å²) >= 11 is 11.5. The molecule has 0 bridgehead atoms. The first kappa shape index (κ1) is 27.4. The molecule has 0 aliphatic carbocycles. The van der Waals surface area contributed by atoms with Gasteiger partial charge in [0.2, 0.25) is 0 Å². The number of hydrogen-bond donors (Lipinski definition) is 1. The molecule has 3 aromatic rings. The Bertz CT molecular complexity index is 1390. The number of nitrogens with zero attached hydrogens (tertiary/aromatic N) is 2. The molecule has 0 saturated heterocycles. The molecule has 0 radical (unpaired) electrons. The van der Waals surface area contributed by atoms with E-state index in [4.69, 9.17) is 23.2 Å². The van der Waals surface area contributed by atoms with Crippen LogP contribution in [-0.2, 0) is 21.0 Å². The Morgan fingerprint density at radius 1 is 1.06 bits per heavy atom. The Balaban J connectivity index is 1.97. The van der Waals surface area contributed by atoms with Gasteiger partial charge in [0.15, 0.2) is 0 Å².